The maximum atomic E-state index is 12.1. The van der Waals surface area contributed by atoms with Crippen molar-refractivity contribution >= 4 is 5.78 Å². The van der Waals surface area contributed by atoms with E-state index in [9.17, 15) is 4.79 Å². The van der Waals surface area contributed by atoms with E-state index in [1.165, 1.54) is 32.1 Å². The second-order valence-electron chi connectivity index (χ2n) is 5.91. The second-order valence-corrected chi connectivity index (χ2v) is 5.91. The summed E-state index contributed by atoms with van der Waals surface area (Å²) in [6.45, 7) is 4.41. The monoisotopic (exact) mass is 239 g/mol. The van der Waals surface area contributed by atoms with Crippen molar-refractivity contribution < 1.29 is 4.79 Å². The number of unbranched alkanes of at least 4 members (excludes halogenated alkanes) is 1. The van der Waals surface area contributed by atoms with Gasteiger partial charge in [0.1, 0.15) is 5.78 Å². The van der Waals surface area contributed by atoms with Crippen LogP contribution in [0.3, 0.4) is 0 Å². The highest BCUT2D eigenvalue weighted by molar-refractivity contribution is 5.79. The number of hydrogen-bond acceptors (Lipinski definition) is 2. The Hall–Kier alpha value is -0.370. The standard InChI is InChI=1S/C15H29NO/c1-3-5-8-13(4-2)11-14(17)12-15(16)9-6-7-10-15/h13H,3-12,16H2,1-2H3. The first-order valence-corrected chi connectivity index (χ1v) is 7.40. The van der Waals surface area contributed by atoms with Crippen LogP contribution in [0.5, 0.6) is 0 Å². The van der Waals surface area contributed by atoms with Crippen molar-refractivity contribution in [3.8, 4) is 0 Å². The van der Waals surface area contributed by atoms with E-state index >= 15 is 0 Å². The normalized spacial score (nSPS) is 20.4. The zero-order valence-electron chi connectivity index (χ0n) is 11.6. The van der Waals surface area contributed by atoms with E-state index in [1.54, 1.807) is 0 Å². The lowest BCUT2D eigenvalue weighted by molar-refractivity contribution is -0.121. The molecule has 1 aliphatic rings. The first kappa shape index (κ1) is 14.7. The van der Waals surface area contributed by atoms with Gasteiger partial charge in [0.2, 0.25) is 0 Å². The third kappa shape index (κ3) is 5.20. The van der Waals surface area contributed by atoms with E-state index in [0.717, 1.165) is 25.7 Å². The van der Waals surface area contributed by atoms with E-state index in [4.69, 9.17) is 5.73 Å². The molecule has 0 radical (unpaired) electrons. The Morgan fingerprint density at radius 3 is 2.47 bits per heavy atom. The van der Waals surface area contributed by atoms with Crippen LogP contribution in [0.4, 0.5) is 0 Å². The van der Waals surface area contributed by atoms with Gasteiger partial charge in [0, 0.05) is 18.4 Å². The molecule has 0 aromatic rings. The SMILES string of the molecule is CCCCC(CC)CC(=O)CC1(N)CCCC1. The van der Waals surface area contributed by atoms with E-state index < -0.39 is 0 Å². The quantitative estimate of drug-likeness (QED) is 0.699. The molecular weight excluding hydrogens is 210 g/mol. The number of carbonyl (C=O) groups is 1. The summed E-state index contributed by atoms with van der Waals surface area (Å²) >= 11 is 0. The Kier molecular flexibility index (Phi) is 6.18. The summed E-state index contributed by atoms with van der Waals surface area (Å²) in [7, 11) is 0. The van der Waals surface area contributed by atoms with Crippen LogP contribution in [-0.4, -0.2) is 11.3 Å². The molecule has 1 fully saturated rings. The summed E-state index contributed by atoms with van der Waals surface area (Å²) in [5, 5.41) is 0. The van der Waals surface area contributed by atoms with E-state index in [2.05, 4.69) is 13.8 Å². The Morgan fingerprint density at radius 1 is 1.29 bits per heavy atom. The molecule has 0 spiro atoms. The van der Waals surface area contributed by atoms with Crippen LogP contribution < -0.4 is 5.73 Å². The van der Waals surface area contributed by atoms with Gasteiger partial charge in [-0.15, -0.1) is 0 Å². The maximum Gasteiger partial charge on any atom is 0.135 e. The van der Waals surface area contributed by atoms with Crippen molar-refractivity contribution in [2.45, 2.75) is 83.6 Å². The molecule has 0 bridgehead atoms. The minimum atomic E-state index is -0.153. The highest BCUT2D eigenvalue weighted by Gasteiger charge is 2.31. The largest absolute Gasteiger partial charge is 0.325 e. The Bertz CT molecular complexity index is 231. The average molecular weight is 239 g/mol. The molecule has 0 aromatic heterocycles. The first-order valence-electron chi connectivity index (χ1n) is 7.40. The molecule has 0 heterocycles. The number of hydrogen-bond donors (Lipinski definition) is 1. The van der Waals surface area contributed by atoms with Crippen molar-refractivity contribution in [1.82, 2.24) is 0 Å². The zero-order chi connectivity index (χ0) is 12.7. The molecule has 100 valence electrons. The molecule has 1 saturated carbocycles. The molecule has 17 heavy (non-hydrogen) atoms. The lowest BCUT2D eigenvalue weighted by atomic mass is 9.86. The molecule has 0 aliphatic heterocycles. The highest BCUT2D eigenvalue weighted by Crippen LogP contribution is 2.31. The number of ketones is 1. The van der Waals surface area contributed by atoms with Crippen LogP contribution in [0.25, 0.3) is 0 Å². The van der Waals surface area contributed by atoms with Gasteiger partial charge in [-0.2, -0.15) is 0 Å². The predicted octanol–water partition coefficient (Wildman–Crippen LogP) is 3.82. The van der Waals surface area contributed by atoms with Gasteiger partial charge in [-0.3, -0.25) is 4.79 Å². The molecular formula is C15H29NO. The van der Waals surface area contributed by atoms with E-state index in [-0.39, 0.29) is 5.54 Å². The molecule has 0 aromatic carbocycles. The molecule has 1 atom stereocenters. The second kappa shape index (κ2) is 7.15. The van der Waals surface area contributed by atoms with Crippen LogP contribution in [-0.2, 0) is 4.79 Å². The van der Waals surface area contributed by atoms with Gasteiger partial charge in [0.05, 0.1) is 0 Å². The van der Waals surface area contributed by atoms with Gasteiger partial charge < -0.3 is 5.73 Å². The van der Waals surface area contributed by atoms with Crippen LogP contribution >= 0.6 is 0 Å². The van der Waals surface area contributed by atoms with Crippen LogP contribution in [0.15, 0.2) is 0 Å². The average Bonchev–Trinajstić information content (AvgIpc) is 2.70. The van der Waals surface area contributed by atoms with Gasteiger partial charge in [0.25, 0.3) is 0 Å². The van der Waals surface area contributed by atoms with Crippen molar-refractivity contribution in [3.05, 3.63) is 0 Å². The summed E-state index contributed by atoms with van der Waals surface area (Å²) in [5.41, 5.74) is 6.10. The van der Waals surface area contributed by atoms with Crippen molar-refractivity contribution in [3.63, 3.8) is 0 Å². The van der Waals surface area contributed by atoms with E-state index in [0.29, 0.717) is 18.1 Å². The fourth-order valence-corrected chi connectivity index (χ4v) is 2.99. The Balaban J connectivity index is 2.31. The fraction of sp³-hybridized carbons (Fsp3) is 0.933. The Labute approximate surface area is 106 Å². The molecule has 2 N–H and O–H groups in total. The van der Waals surface area contributed by atoms with Gasteiger partial charge in [-0.25, -0.2) is 0 Å². The summed E-state index contributed by atoms with van der Waals surface area (Å²) in [6.07, 6.45) is 10.7. The van der Waals surface area contributed by atoms with Gasteiger partial charge in [0.15, 0.2) is 0 Å². The van der Waals surface area contributed by atoms with Gasteiger partial charge in [-0.05, 0) is 18.8 Å². The lowest BCUT2D eigenvalue weighted by Crippen LogP contribution is -2.39. The van der Waals surface area contributed by atoms with Crippen LogP contribution in [0.2, 0.25) is 0 Å². The maximum absolute atomic E-state index is 12.1. The number of Topliss-reactive ketones (excluding diaryl/α,β-unsaturated/α-hetero) is 1. The fourth-order valence-electron chi connectivity index (χ4n) is 2.99. The molecule has 2 nitrogen and oxygen atoms in total. The number of nitrogens with two attached hydrogens (primary N) is 1. The molecule has 1 unspecified atom stereocenters. The lowest BCUT2D eigenvalue weighted by Gasteiger charge is -2.23. The van der Waals surface area contributed by atoms with Crippen molar-refractivity contribution in [1.29, 1.82) is 0 Å². The zero-order valence-corrected chi connectivity index (χ0v) is 11.6. The van der Waals surface area contributed by atoms with Crippen molar-refractivity contribution in [2.24, 2.45) is 11.7 Å². The molecule has 0 amide bonds. The topological polar surface area (TPSA) is 43.1 Å². The number of rotatable bonds is 8. The molecule has 1 rings (SSSR count). The summed E-state index contributed by atoms with van der Waals surface area (Å²) < 4.78 is 0. The van der Waals surface area contributed by atoms with Crippen molar-refractivity contribution in [2.75, 3.05) is 0 Å². The van der Waals surface area contributed by atoms with E-state index in [1.807, 2.05) is 0 Å². The highest BCUT2D eigenvalue weighted by atomic mass is 16.1. The predicted molar refractivity (Wildman–Crippen MR) is 72.9 cm³/mol. The Morgan fingerprint density at radius 2 is 1.94 bits per heavy atom. The van der Waals surface area contributed by atoms with Crippen LogP contribution in [0.1, 0.15) is 78.1 Å². The minimum Gasteiger partial charge on any atom is -0.325 e. The third-order valence-corrected chi connectivity index (χ3v) is 4.21. The summed E-state index contributed by atoms with van der Waals surface area (Å²) in [5.74, 6) is 0.991. The van der Waals surface area contributed by atoms with Gasteiger partial charge in [-0.1, -0.05) is 52.4 Å². The molecule has 0 saturated heterocycles. The first-order chi connectivity index (χ1) is 8.09. The smallest absolute Gasteiger partial charge is 0.135 e. The summed E-state index contributed by atoms with van der Waals surface area (Å²) in [6, 6.07) is 0. The molecule has 1 aliphatic carbocycles. The van der Waals surface area contributed by atoms with Gasteiger partial charge >= 0.3 is 0 Å². The third-order valence-electron chi connectivity index (χ3n) is 4.21. The number of carbonyl (C=O) groups excluding carboxylic acids is 1. The minimum absolute atomic E-state index is 0.153. The molecule has 2 heteroatoms. The van der Waals surface area contributed by atoms with Crippen LogP contribution in [0, 0.1) is 5.92 Å². The summed E-state index contributed by atoms with van der Waals surface area (Å²) in [4.78, 5) is 12.1.